The molecule has 0 unspecified atom stereocenters. The van der Waals surface area contributed by atoms with Gasteiger partial charge in [-0.05, 0) is 37.3 Å². The van der Waals surface area contributed by atoms with Gasteiger partial charge in [0, 0.05) is 5.56 Å². The summed E-state index contributed by atoms with van der Waals surface area (Å²) in [6, 6.07) is 23.8. The lowest BCUT2D eigenvalue weighted by atomic mass is 10.1. The molecule has 7 heteroatoms. The number of nitrogens with one attached hydrogen (secondary N) is 1. The number of amides is 1. The lowest BCUT2D eigenvalue weighted by molar-refractivity contribution is -0.117. The molecule has 0 fully saturated rings. The van der Waals surface area contributed by atoms with Gasteiger partial charge in [-0.15, -0.1) is 0 Å². The molecule has 0 spiro atoms. The van der Waals surface area contributed by atoms with E-state index in [2.05, 4.69) is 10.4 Å². The molecule has 1 aliphatic heterocycles. The zero-order chi connectivity index (χ0) is 22.9. The monoisotopic (exact) mass is 437 g/mol. The molecule has 0 aliphatic carbocycles. The Morgan fingerprint density at radius 3 is 2.39 bits per heavy atom. The number of hydrogen-bond acceptors (Lipinski definition) is 6. The van der Waals surface area contributed by atoms with Crippen LogP contribution in [-0.4, -0.2) is 16.8 Å². The van der Waals surface area contributed by atoms with Crippen molar-refractivity contribution < 1.29 is 14.3 Å². The third-order valence-corrected chi connectivity index (χ3v) is 5.28. The number of benzene rings is 3. The highest BCUT2D eigenvalue weighted by Crippen LogP contribution is 2.29. The van der Waals surface area contributed by atoms with Crippen LogP contribution in [-0.2, 0) is 4.79 Å². The number of hydrazine groups is 1. The average molecular weight is 437 g/mol. The number of rotatable bonds is 3. The van der Waals surface area contributed by atoms with Crippen molar-refractivity contribution in [1.29, 1.82) is 0 Å². The van der Waals surface area contributed by atoms with Gasteiger partial charge in [0.2, 0.25) is 0 Å². The SMILES string of the molecule is Cc1ccc2oc(=O)c(/C=C3/N=C(c4ccccc4)N(c4ccccc4)NC3=O)c(O)c2c1. The van der Waals surface area contributed by atoms with Gasteiger partial charge >= 0.3 is 5.63 Å². The molecular weight excluding hydrogens is 418 g/mol. The zero-order valence-electron chi connectivity index (χ0n) is 17.6. The summed E-state index contributed by atoms with van der Waals surface area (Å²) < 4.78 is 5.36. The fourth-order valence-corrected chi connectivity index (χ4v) is 3.65. The summed E-state index contributed by atoms with van der Waals surface area (Å²) in [7, 11) is 0. The van der Waals surface area contributed by atoms with E-state index < -0.39 is 11.5 Å². The Kier molecular flexibility index (Phi) is 4.99. The maximum absolute atomic E-state index is 13.0. The molecule has 0 atom stereocenters. The molecule has 0 bridgehead atoms. The Balaban J connectivity index is 1.69. The molecule has 0 saturated carbocycles. The van der Waals surface area contributed by atoms with Crippen molar-refractivity contribution >= 4 is 34.5 Å². The normalized spacial score (nSPS) is 14.9. The van der Waals surface area contributed by atoms with E-state index >= 15 is 0 Å². The summed E-state index contributed by atoms with van der Waals surface area (Å²) >= 11 is 0. The Morgan fingerprint density at radius 2 is 1.67 bits per heavy atom. The van der Waals surface area contributed by atoms with Crippen LogP contribution in [0.15, 0.2) is 98.8 Å². The molecule has 0 radical (unpaired) electrons. The van der Waals surface area contributed by atoms with Gasteiger partial charge in [0.1, 0.15) is 22.6 Å². The summed E-state index contributed by atoms with van der Waals surface area (Å²) in [4.78, 5) is 30.1. The van der Waals surface area contributed by atoms with Crippen LogP contribution < -0.4 is 16.1 Å². The van der Waals surface area contributed by atoms with Crippen molar-refractivity contribution in [3.05, 3.63) is 112 Å². The molecule has 1 aliphatic rings. The molecule has 4 aromatic rings. The van der Waals surface area contributed by atoms with Crippen molar-refractivity contribution in [3.8, 4) is 5.75 Å². The Morgan fingerprint density at radius 1 is 0.970 bits per heavy atom. The van der Waals surface area contributed by atoms with Gasteiger partial charge in [0.05, 0.1) is 11.1 Å². The largest absolute Gasteiger partial charge is 0.506 e. The Labute approximate surface area is 188 Å². The lowest BCUT2D eigenvalue weighted by Crippen LogP contribution is -2.50. The smallest absolute Gasteiger partial charge is 0.347 e. The minimum atomic E-state index is -0.758. The number of fused-ring (bicyclic) bond motifs is 1. The van der Waals surface area contributed by atoms with Gasteiger partial charge in [-0.25, -0.2) is 14.8 Å². The van der Waals surface area contributed by atoms with Crippen LogP contribution in [0.3, 0.4) is 0 Å². The number of hydrogen-bond donors (Lipinski definition) is 2. The third kappa shape index (κ3) is 3.76. The van der Waals surface area contributed by atoms with E-state index in [-0.39, 0.29) is 22.6 Å². The molecule has 33 heavy (non-hydrogen) atoms. The van der Waals surface area contributed by atoms with Crippen molar-refractivity contribution in [1.82, 2.24) is 5.43 Å². The van der Waals surface area contributed by atoms with E-state index in [9.17, 15) is 14.7 Å². The van der Waals surface area contributed by atoms with Crippen LogP contribution in [0.4, 0.5) is 5.69 Å². The maximum atomic E-state index is 13.0. The number of para-hydroxylation sites is 1. The first-order valence-corrected chi connectivity index (χ1v) is 10.3. The predicted octanol–water partition coefficient (Wildman–Crippen LogP) is 4.15. The first kappa shape index (κ1) is 20.3. The lowest BCUT2D eigenvalue weighted by Gasteiger charge is -2.30. The number of nitrogens with zero attached hydrogens (tertiary/aromatic N) is 2. The van der Waals surface area contributed by atoms with Gasteiger partial charge in [0.25, 0.3) is 5.91 Å². The number of carbonyl (C=O) groups excluding carboxylic acids is 1. The van der Waals surface area contributed by atoms with Crippen molar-refractivity contribution in [2.24, 2.45) is 4.99 Å². The van der Waals surface area contributed by atoms with E-state index in [4.69, 9.17) is 4.42 Å². The van der Waals surface area contributed by atoms with Crippen LogP contribution in [0, 0.1) is 6.92 Å². The highest BCUT2D eigenvalue weighted by atomic mass is 16.4. The Bertz CT molecular complexity index is 1490. The quantitative estimate of drug-likeness (QED) is 0.371. The van der Waals surface area contributed by atoms with Crippen molar-refractivity contribution in [2.45, 2.75) is 6.92 Å². The third-order valence-electron chi connectivity index (χ3n) is 5.28. The van der Waals surface area contributed by atoms with Gasteiger partial charge in [-0.2, -0.15) is 0 Å². The molecule has 7 nitrogen and oxygen atoms in total. The minimum Gasteiger partial charge on any atom is -0.506 e. The fourth-order valence-electron chi connectivity index (χ4n) is 3.65. The topological polar surface area (TPSA) is 95.1 Å². The molecular formula is C26H19N3O4. The zero-order valence-corrected chi connectivity index (χ0v) is 17.6. The van der Waals surface area contributed by atoms with Crippen LogP contribution in [0.5, 0.6) is 5.75 Å². The summed E-state index contributed by atoms with van der Waals surface area (Å²) in [6.07, 6.45) is 1.25. The molecule has 3 aromatic carbocycles. The van der Waals surface area contributed by atoms with Gasteiger partial charge in [-0.1, -0.05) is 60.2 Å². The first-order valence-electron chi connectivity index (χ1n) is 10.3. The fraction of sp³-hybridized carbons (Fsp3) is 0.0385. The van der Waals surface area contributed by atoms with E-state index in [0.717, 1.165) is 16.8 Å². The number of aliphatic imine (C=N–C) groups is 1. The predicted molar refractivity (Wildman–Crippen MR) is 127 cm³/mol. The molecule has 162 valence electrons. The van der Waals surface area contributed by atoms with Crippen LogP contribution >= 0.6 is 0 Å². The number of aryl methyl sites for hydroxylation is 1. The number of amidine groups is 1. The standard InChI is InChI=1S/C26H19N3O4/c1-16-12-13-22-19(14-16)23(30)20(26(32)33-22)15-21-25(31)28-29(18-10-6-3-7-11-18)24(27-21)17-8-4-2-5-9-17/h2-15,30H,1H3,(H,28,31)/b21-15+. The maximum Gasteiger partial charge on any atom is 0.347 e. The molecule has 1 amide bonds. The summed E-state index contributed by atoms with van der Waals surface area (Å²) in [6.45, 7) is 1.87. The summed E-state index contributed by atoms with van der Waals surface area (Å²) in [5.74, 6) is -0.318. The number of anilines is 1. The number of aromatic hydroxyl groups is 1. The second-order valence-corrected chi connectivity index (χ2v) is 7.59. The Hall–Kier alpha value is -4.65. The van der Waals surface area contributed by atoms with Crippen LogP contribution in [0.2, 0.25) is 0 Å². The van der Waals surface area contributed by atoms with Gasteiger partial charge in [-0.3, -0.25) is 10.2 Å². The molecule has 2 N–H and O–H groups in total. The van der Waals surface area contributed by atoms with E-state index in [1.54, 1.807) is 23.2 Å². The summed E-state index contributed by atoms with van der Waals surface area (Å²) in [5.41, 5.74) is 4.53. The molecule has 5 rings (SSSR count). The van der Waals surface area contributed by atoms with Crippen LogP contribution in [0.25, 0.3) is 17.0 Å². The average Bonchev–Trinajstić information content (AvgIpc) is 2.84. The van der Waals surface area contributed by atoms with E-state index in [1.165, 1.54) is 6.08 Å². The second-order valence-electron chi connectivity index (χ2n) is 7.59. The molecule has 2 heterocycles. The van der Waals surface area contributed by atoms with Gasteiger partial charge in [0.15, 0.2) is 5.84 Å². The highest BCUT2D eigenvalue weighted by Gasteiger charge is 2.27. The molecule has 0 saturated heterocycles. The van der Waals surface area contributed by atoms with E-state index in [0.29, 0.717) is 11.2 Å². The summed E-state index contributed by atoms with van der Waals surface area (Å²) in [5, 5.41) is 12.8. The van der Waals surface area contributed by atoms with Crippen LogP contribution in [0.1, 0.15) is 16.7 Å². The van der Waals surface area contributed by atoms with Crippen molar-refractivity contribution in [3.63, 3.8) is 0 Å². The molecule has 1 aromatic heterocycles. The van der Waals surface area contributed by atoms with E-state index in [1.807, 2.05) is 67.6 Å². The number of carbonyl (C=O) groups is 1. The van der Waals surface area contributed by atoms with Gasteiger partial charge < -0.3 is 9.52 Å². The van der Waals surface area contributed by atoms with Crippen molar-refractivity contribution in [2.75, 3.05) is 5.01 Å². The first-order chi connectivity index (χ1) is 16.0. The highest BCUT2D eigenvalue weighted by molar-refractivity contribution is 6.17. The second kappa shape index (κ2) is 8.12. The minimum absolute atomic E-state index is 0.0318.